The second kappa shape index (κ2) is 4.30. The quantitative estimate of drug-likeness (QED) is 0.863. The van der Waals surface area contributed by atoms with Gasteiger partial charge >= 0.3 is 0 Å². The first-order valence-electron chi connectivity index (χ1n) is 6.09. The van der Waals surface area contributed by atoms with Crippen molar-refractivity contribution in [2.75, 3.05) is 6.54 Å². The third-order valence-electron chi connectivity index (χ3n) is 3.25. The predicted molar refractivity (Wildman–Crippen MR) is 66.5 cm³/mol. The van der Waals surface area contributed by atoms with Gasteiger partial charge in [-0.05, 0) is 25.5 Å². The van der Waals surface area contributed by atoms with E-state index in [1.807, 2.05) is 12.3 Å². The first-order chi connectivity index (χ1) is 8.40. The van der Waals surface area contributed by atoms with Gasteiger partial charge in [0.15, 0.2) is 0 Å². The monoisotopic (exact) mass is 228 g/mol. The van der Waals surface area contributed by atoms with E-state index in [-0.39, 0.29) is 0 Å². The zero-order valence-electron chi connectivity index (χ0n) is 9.76. The molecule has 0 aromatic carbocycles. The van der Waals surface area contributed by atoms with Gasteiger partial charge in [-0.15, -0.1) is 0 Å². The fraction of sp³-hybridized carbons (Fsp3) is 0.385. The molecule has 0 saturated carbocycles. The maximum atomic E-state index is 5.66. The van der Waals surface area contributed by atoms with Crippen LogP contribution in [0.15, 0.2) is 24.5 Å². The van der Waals surface area contributed by atoms with Gasteiger partial charge in [-0.1, -0.05) is 6.07 Å². The molecule has 1 aliphatic heterocycles. The highest BCUT2D eigenvalue weighted by molar-refractivity contribution is 5.68. The predicted octanol–water partition coefficient (Wildman–Crippen LogP) is 1.39. The van der Waals surface area contributed by atoms with Crippen molar-refractivity contribution in [2.24, 2.45) is 5.73 Å². The van der Waals surface area contributed by atoms with Crippen LogP contribution < -0.4 is 5.73 Å². The summed E-state index contributed by atoms with van der Waals surface area (Å²) in [6.07, 6.45) is 6.86. The van der Waals surface area contributed by atoms with Crippen LogP contribution in [-0.4, -0.2) is 21.3 Å². The molecule has 88 valence electrons. The van der Waals surface area contributed by atoms with Crippen molar-refractivity contribution >= 4 is 0 Å². The lowest BCUT2D eigenvalue weighted by Gasteiger charge is -2.03. The van der Waals surface area contributed by atoms with Crippen LogP contribution in [0, 0.1) is 0 Å². The van der Waals surface area contributed by atoms with E-state index in [9.17, 15) is 0 Å². The van der Waals surface area contributed by atoms with Crippen LogP contribution in [0.3, 0.4) is 0 Å². The lowest BCUT2D eigenvalue weighted by atomic mass is 10.0. The summed E-state index contributed by atoms with van der Waals surface area (Å²) in [4.78, 5) is 4.20. The molecular weight excluding hydrogens is 212 g/mol. The van der Waals surface area contributed by atoms with Crippen molar-refractivity contribution < 1.29 is 0 Å². The molecule has 0 fully saturated rings. The Morgan fingerprint density at radius 3 is 3.12 bits per heavy atom. The van der Waals surface area contributed by atoms with E-state index >= 15 is 0 Å². The summed E-state index contributed by atoms with van der Waals surface area (Å²) in [6, 6.07) is 4.07. The van der Waals surface area contributed by atoms with Crippen LogP contribution in [0.25, 0.3) is 11.1 Å². The fourth-order valence-electron chi connectivity index (χ4n) is 2.54. The topological polar surface area (TPSA) is 56.7 Å². The highest BCUT2D eigenvalue weighted by Gasteiger charge is 2.22. The number of hydrogen-bond acceptors (Lipinski definition) is 3. The molecular formula is C13H16N4. The maximum absolute atomic E-state index is 5.66. The Kier molecular flexibility index (Phi) is 2.65. The molecule has 2 aromatic rings. The molecule has 0 atom stereocenters. The van der Waals surface area contributed by atoms with Crippen LogP contribution in [0.4, 0.5) is 0 Å². The summed E-state index contributed by atoms with van der Waals surface area (Å²) in [5.74, 6) is 0. The molecule has 0 spiro atoms. The van der Waals surface area contributed by atoms with Gasteiger partial charge in [0.2, 0.25) is 0 Å². The first-order valence-corrected chi connectivity index (χ1v) is 6.09. The molecule has 0 radical (unpaired) electrons. The molecule has 2 N–H and O–H groups in total. The van der Waals surface area contributed by atoms with Gasteiger partial charge in [-0.25, -0.2) is 0 Å². The minimum atomic E-state index is 0.643. The molecule has 0 amide bonds. The summed E-state index contributed by atoms with van der Waals surface area (Å²) < 4.78 is 2.13. The Balaban J connectivity index is 2.13. The van der Waals surface area contributed by atoms with Gasteiger partial charge in [-0.3, -0.25) is 9.67 Å². The zero-order valence-corrected chi connectivity index (χ0v) is 9.76. The molecule has 0 aliphatic carbocycles. The molecule has 1 aliphatic rings. The number of pyridine rings is 1. The molecule has 2 aromatic heterocycles. The van der Waals surface area contributed by atoms with Crippen molar-refractivity contribution in [3.05, 3.63) is 35.9 Å². The van der Waals surface area contributed by atoms with E-state index in [0.29, 0.717) is 6.54 Å². The third-order valence-corrected chi connectivity index (χ3v) is 3.25. The van der Waals surface area contributed by atoms with Crippen LogP contribution >= 0.6 is 0 Å². The van der Waals surface area contributed by atoms with Gasteiger partial charge in [0, 0.05) is 42.2 Å². The van der Waals surface area contributed by atoms with Gasteiger partial charge in [0.05, 0.1) is 5.69 Å². The maximum Gasteiger partial charge on any atom is 0.0719 e. The van der Waals surface area contributed by atoms with Gasteiger partial charge in [0.1, 0.15) is 0 Å². The van der Waals surface area contributed by atoms with Gasteiger partial charge in [-0.2, -0.15) is 5.10 Å². The molecule has 4 heteroatoms. The number of aryl methyl sites for hydroxylation is 1. The SMILES string of the molecule is NCCc1nn2c(c1-c1cccnc1)CCC2. The lowest BCUT2D eigenvalue weighted by Crippen LogP contribution is -2.05. The lowest BCUT2D eigenvalue weighted by molar-refractivity contribution is 0.643. The molecule has 4 nitrogen and oxygen atoms in total. The Labute approximate surface area is 100 Å². The standard InChI is InChI=1S/C13H16N4/c14-6-5-11-13(10-3-1-7-15-9-10)12-4-2-8-17(12)16-11/h1,3,7,9H,2,4-6,8,14H2. The van der Waals surface area contributed by atoms with Crippen LogP contribution in [0.1, 0.15) is 17.8 Å². The number of nitrogens with zero attached hydrogens (tertiary/aromatic N) is 3. The van der Waals surface area contributed by atoms with E-state index in [2.05, 4.69) is 20.8 Å². The first kappa shape index (κ1) is 10.5. The van der Waals surface area contributed by atoms with Crippen molar-refractivity contribution in [2.45, 2.75) is 25.8 Å². The van der Waals surface area contributed by atoms with E-state index < -0.39 is 0 Å². The number of rotatable bonds is 3. The molecule has 0 unspecified atom stereocenters. The number of hydrogen-bond donors (Lipinski definition) is 1. The second-order valence-corrected chi connectivity index (χ2v) is 4.38. The fourth-order valence-corrected chi connectivity index (χ4v) is 2.54. The zero-order chi connectivity index (χ0) is 11.7. The third kappa shape index (κ3) is 1.74. The normalized spacial score (nSPS) is 13.9. The van der Waals surface area contributed by atoms with Crippen LogP contribution in [-0.2, 0) is 19.4 Å². The smallest absolute Gasteiger partial charge is 0.0719 e. The number of nitrogens with two attached hydrogens (primary N) is 1. The van der Waals surface area contributed by atoms with E-state index in [1.165, 1.54) is 23.2 Å². The van der Waals surface area contributed by atoms with E-state index in [0.717, 1.165) is 25.1 Å². The van der Waals surface area contributed by atoms with Crippen LogP contribution in [0.5, 0.6) is 0 Å². The van der Waals surface area contributed by atoms with Crippen molar-refractivity contribution in [3.8, 4) is 11.1 Å². The molecule has 3 heterocycles. The van der Waals surface area contributed by atoms with E-state index in [1.54, 1.807) is 6.20 Å². The minimum Gasteiger partial charge on any atom is -0.330 e. The van der Waals surface area contributed by atoms with Crippen LogP contribution in [0.2, 0.25) is 0 Å². The van der Waals surface area contributed by atoms with Gasteiger partial charge < -0.3 is 5.73 Å². The second-order valence-electron chi connectivity index (χ2n) is 4.38. The van der Waals surface area contributed by atoms with Crippen molar-refractivity contribution in [3.63, 3.8) is 0 Å². The van der Waals surface area contributed by atoms with E-state index in [4.69, 9.17) is 5.73 Å². The molecule has 17 heavy (non-hydrogen) atoms. The summed E-state index contributed by atoms with van der Waals surface area (Å²) in [5, 5.41) is 4.67. The van der Waals surface area contributed by atoms with Gasteiger partial charge in [0.25, 0.3) is 0 Å². The van der Waals surface area contributed by atoms with Crippen molar-refractivity contribution in [1.29, 1.82) is 0 Å². The summed E-state index contributed by atoms with van der Waals surface area (Å²) in [7, 11) is 0. The highest BCUT2D eigenvalue weighted by atomic mass is 15.3. The average Bonchev–Trinajstić information content (AvgIpc) is 2.90. The minimum absolute atomic E-state index is 0.643. The Morgan fingerprint density at radius 1 is 1.41 bits per heavy atom. The average molecular weight is 228 g/mol. The Hall–Kier alpha value is -1.68. The Bertz CT molecular complexity index is 516. The Morgan fingerprint density at radius 2 is 2.35 bits per heavy atom. The summed E-state index contributed by atoms with van der Waals surface area (Å²) >= 11 is 0. The number of aromatic nitrogens is 3. The number of fused-ring (bicyclic) bond motifs is 1. The molecule has 0 saturated heterocycles. The molecule has 3 rings (SSSR count). The largest absolute Gasteiger partial charge is 0.330 e. The molecule has 0 bridgehead atoms. The summed E-state index contributed by atoms with van der Waals surface area (Å²) in [5.41, 5.74) is 10.6. The highest BCUT2D eigenvalue weighted by Crippen LogP contribution is 2.31. The summed E-state index contributed by atoms with van der Waals surface area (Å²) in [6.45, 7) is 1.68. The van der Waals surface area contributed by atoms with Crippen molar-refractivity contribution in [1.82, 2.24) is 14.8 Å².